The number of rotatable bonds is 3. The number of likely N-dealkylation sites (tertiary alicyclic amines) is 1. The average molecular weight is 401 g/mol. The molecule has 1 aliphatic rings. The normalized spacial score (nSPS) is 15.6. The summed E-state index contributed by atoms with van der Waals surface area (Å²) in [5, 5.41) is 2.50. The summed E-state index contributed by atoms with van der Waals surface area (Å²) in [6.45, 7) is 0.710. The Bertz CT molecular complexity index is 829. The van der Waals surface area contributed by atoms with Gasteiger partial charge in [-0.3, -0.25) is 9.59 Å². The van der Waals surface area contributed by atoms with Crippen molar-refractivity contribution in [2.45, 2.75) is 19.0 Å². The molecule has 1 aromatic heterocycles. The molecule has 27 heavy (non-hydrogen) atoms. The van der Waals surface area contributed by atoms with Crippen molar-refractivity contribution in [3.8, 4) is 0 Å². The van der Waals surface area contributed by atoms with Crippen LogP contribution in [0.3, 0.4) is 0 Å². The summed E-state index contributed by atoms with van der Waals surface area (Å²) in [4.78, 5) is 26.2. The number of hydrogen-bond donors (Lipinski definition) is 1. The van der Waals surface area contributed by atoms with E-state index in [4.69, 9.17) is 16.0 Å². The molecule has 0 saturated carbocycles. The van der Waals surface area contributed by atoms with Crippen LogP contribution in [0.15, 0.2) is 41.0 Å². The second-order valence-electron chi connectivity index (χ2n) is 6.23. The van der Waals surface area contributed by atoms with Gasteiger partial charge in [0.15, 0.2) is 5.76 Å². The largest absolute Gasteiger partial charge is 0.459 e. The lowest BCUT2D eigenvalue weighted by atomic mass is 9.95. The number of nitrogens with one attached hydrogen (secondary N) is 1. The van der Waals surface area contributed by atoms with Crippen LogP contribution in [0, 0.1) is 5.92 Å². The van der Waals surface area contributed by atoms with Gasteiger partial charge in [0.25, 0.3) is 5.91 Å². The van der Waals surface area contributed by atoms with Crippen molar-refractivity contribution < 1.29 is 27.2 Å². The molecule has 5 nitrogen and oxygen atoms in total. The third kappa shape index (κ3) is 4.44. The summed E-state index contributed by atoms with van der Waals surface area (Å²) in [5.41, 5.74) is -0.966. The molecular formula is C18H16ClF3N2O3. The zero-order valence-corrected chi connectivity index (χ0v) is 14.8. The molecule has 144 valence electrons. The maximum absolute atomic E-state index is 12.8. The summed E-state index contributed by atoms with van der Waals surface area (Å²) in [6.07, 6.45) is -2.32. The van der Waals surface area contributed by atoms with Crippen LogP contribution in [0.1, 0.15) is 29.0 Å². The fourth-order valence-corrected chi connectivity index (χ4v) is 3.10. The highest BCUT2D eigenvalue weighted by atomic mass is 35.5. The number of carbonyl (C=O) groups is 2. The highest BCUT2D eigenvalue weighted by Gasteiger charge is 2.32. The fraction of sp³-hybridized carbons (Fsp3) is 0.333. The lowest BCUT2D eigenvalue weighted by Gasteiger charge is -2.30. The number of carbonyl (C=O) groups excluding carboxylic acids is 2. The summed E-state index contributed by atoms with van der Waals surface area (Å²) in [5.74, 6) is -0.856. The first-order valence-electron chi connectivity index (χ1n) is 8.26. The molecule has 0 bridgehead atoms. The number of piperidine rings is 1. The molecule has 2 heterocycles. The van der Waals surface area contributed by atoms with Gasteiger partial charge in [-0.05, 0) is 43.2 Å². The number of hydrogen-bond acceptors (Lipinski definition) is 3. The Morgan fingerprint density at radius 3 is 2.48 bits per heavy atom. The topological polar surface area (TPSA) is 62.6 Å². The molecule has 0 radical (unpaired) electrons. The van der Waals surface area contributed by atoms with Crippen molar-refractivity contribution in [3.63, 3.8) is 0 Å². The van der Waals surface area contributed by atoms with E-state index in [9.17, 15) is 22.8 Å². The summed E-state index contributed by atoms with van der Waals surface area (Å²) < 4.78 is 43.6. The van der Waals surface area contributed by atoms with Gasteiger partial charge < -0.3 is 14.6 Å². The van der Waals surface area contributed by atoms with E-state index < -0.39 is 23.6 Å². The number of amides is 2. The van der Waals surface area contributed by atoms with E-state index >= 15 is 0 Å². The van der Waals surface area contributed by atoms with E-state index in [1.807, 2.05) is 0 Å². The lowest BCUT2D eigenvalue weighted by molar-refractivity contribution is -0.137. The quantitative estimate of drug-likeness (QED) is 0.828. The molecule has 0 atom stereocenters. The first-order valence-corrected chi connectivity index (χ1v) is 8.64. The molecule has 1 aromatic carbocycles. The molecule has 1 fully saturated rings. The molecule has 1 aliphatic heterocycles. The van der Waals surface area contributed by atoms with Gasteiger partial charge in [0.1, 0.15) is 0 Å². The maximum atomic E-state index is 12.8. The molecule has 0 aliphatic carbocycles. The molecule has 1 N–H and O–H groups in total. The van der Waals surface area contributed by atoms with Crippen molar-refractivity contribution >= 4 is 29.1 Å². The van der Waals surface area contributed by atoms with E-state index in [0.29, 0.717) is 25.9 Å². The van der Waals surface area contributed by atoms with E-state index in [1.165, 1.54) is 6.26 Å². The zero-order valence-electron chi connectivity index (χ0n) is 14.1. The van der Waals surface area contributed by atoms with Crippen molar-refractivity contribution in [3.05, 3.63) is 52.9 Å². The second-order valence-corrected chi connectivity index (χ2v) is 6.63. The Labute approximate surface area is 158 Å². The molecular weight excluding hydrogens is 385 g/mol. The third-order valence-corrected chi connectivity index (χ3v) is 4.77. The molecule has 3 rings (SSSR count). The molecule has 2 aromatic rings. The van der Waals surface area contributed by atoms with Crippen molar-refractivity contribution in [2.75, 3.05) is 18.4 Å². The van der Waals surface area contributed by atoms with Crippen LogP contribution in [0.2, 0.25) is 5.02 Å². The van der Waals surface area contributed by atoms with Gasteiger partial charge in [0.2, 0.25) is 5.91 Å². The van der Waals surface area contributed by atoms with Gasteiger partial charge in [-0.1, -0.05) is 11.6 Å². The van der Waals surface area contributed by atoms with Crippen LogP contribution in [0.25, 0.3) is 0 Å². The first kappa shape index (κ1) is 19.3. The maximum Gasteiger partial charge on any atom is 0.416 e. The predicted octanol–water partition coefficient (Wildman–Crippen LogP) is 4.44. The van der Waals surface area contributed by atoms with Gasteiger partial charge in [-0.2, -0.15) is 13.2 Å². The first-order chi connectivity index (χ1) is 12.8. The molecule has 0 spiro atoms. The number of halogens is 4. The second kappa shape index (κ2) is 7.64. The van der Waals surface area contributed by atoms with Crippen molar-refractivity contribution in [1.29, 1.82) is 0 Å². The minimum Gasteiger partial charge on any atom is -0.459 e. The lowest BCUT2D eigenvalue weighted by Crippen LogP contribution is -2.41. The number of furan rings is 1. The average Bonchev–Trinajstić information content (AvgIpc) is 3.16. The Morgan fingerprint density at radius 2 is 1.89 bits per heavy atom. The zero-order chi connectivity index (χ0) is 19.6. The Hall–Kier alpha value is -2.48. The van der Waals surface area contributed by atoms with Crippen molar-refractivity contribution in [2.24, 2.45) is 5.92 Å². The molecule has 2 amide bonds. The smallest absolute Gasteiger partial charge is 0.416 e. The third-order valence-electron chi connectivity index (χ3n) is 4.44. The SMILES string of the molecule is O=C(Nc1cc(C(F)(F)F)ccc1Cl)C1CCN(C(=O)c2ccco2)CC1. The van der Waals surface area contributed by atoms with Gasteiger partial charge >= 0.3 is 6.18 Å². The Morgan fingerprint density at radius 1 is 1.19 bits per heavy atom. The van der Waals surface area contributed by atoms with E-state index in [-0.39, 0.29) is 22.4 Å². The van der Waals surface area contributed by atoms with Crippen LogP contribution in [-0.4, -0.2) is 29.8 Å². The Kier molecular flexibility index (Phi) is 5.46. The van der Waals surface area contributed by atoms with Crippen LogP contribution >= 0.6 is 11.6 Å². The Balaban J connectivity index is 1.61. The summed E-state index contributed by atoms with van der Waals surface area (Å²) in [6, 6.07) is 5.96. The highest BCUT2D eigenvalue weighted by molar-refractivity contribution is 6.33. The van der Waals surface area contributed by atoms with Crippen molar-refractivity contribution in [1.82, 2.24) is 4.90 Å². The predicted molar refractivity (Wildman–Crippen MR) is 92.4 cm³/mol. The van der Waals surface area contributed by atoms with Gasteiger partial charge in [0.05, 0.1) is 22.5 Å². The van der Waals surface area contributed by atoms with Crippen LogP contribution < -0.4 is 5.32 Å². The van der Waals surface area contributed by atoms with E-state index in [1.54, 1.807) is 17.0 Å². The molecule has 1 saturated heterocycles. The number of anilines is 1. The number of alkyl halides is 3. The monoisotopic (exact) mass is 400 g/mol. The minimum absolute atomic E-state index is 0.0294. The van der Waals surface area contributed by atoms with E-state index in [2.05, 4.69) is 5.32 Å². The molecule has 9 heteroatoms. The van der Waals surface area contributed by atoms with Gasteiger partial charge in [0, 0.05) is 19.0 Å². The van der Waals surface area contributed by atoms with Gasteiger partial charge in [-0.15, -0.1) is 0 Å². The van der Waals surface area contributed by atoms with Crippen LogP contribution in [-0.2, 0) is 11.0 Å². The summed E-state index contributed by atoms with van der Waals surface area (Å²) in [7, 11) is 0. The highest BCUT2D eigenvalue weighted by Crippen LogP contribution is 2.34. The minimum atomic E-state index is -4.53. The number of nitrogens with zero attached hydrogens (tertiary/aromatic N) is 1. The van der Waals surface area contributed by atoms with Gasteiger partial charge in [-0.25, -0.2) is 0 Å². The van der Waals surface area contributed by atoms with Crippen LogP contribution in [0.4, 0.5) is 18.9 Å². The fourth-order valence-electron chi connectivity index (χ4n) is 2.93. The van der Waals surface area contributed by atoms with E-state index in [0.717, 1.165) is 18.2 Å². The molecule has 0 unspecified atom stereocenters. The number of benzene rings is 1. The van der Waals surface area contributed by atoms with Crippen LogP contribution in [0.5, 0.6) is 0 Å². The summed E-state index contributed by atoms with van der Waals surface area (Å²) >= 11 is 5.91. The standard InChI is InChI=1S/C18H16ClF3N2O3/c19-13-4-3-12(18(20,21)22)10-14(13)23-16(25)11-5-7-24(8-6-11)17(26)15-2-1-9-27-15/h1-4,9-11H,5-8H2,(H,23,25).